The summed E-state index contributed by atoms with van der Waals surface area (Å²) in [6.07, 6.45) is 0. The molecular formula is C31H18BrN. The van der Waals surface area contributed by atoms with Gasteiger partial charge in [0.25, 0.3) is 0 Å². The van der Waals surface area contributed by atoms with E-state index in [4.69, 9.17) is 0 Å². The van der Waals surface area contributed by atoms with Crippen LogP contribution in [0.5, 0.6) is 0 Å². The summed E-state index contributed by atoms with van der Waals surface area (Å²) in [5.74, 6) is 0. The highest BCUT2D eigenvalue weighted by Gasteiger charge is 2.50. The van der Waals surface area contributed by atoms with Gasteiger partial charge in [-0.1, -0.05) is 101 Å². The van der Waals surface area contributed by atoms with Crippen molar-refractivity contribution in [1.29, 1.82) is 0 Å². The molecule has 1 aliphatic heterocycles. The maximum atomic E-state index is 3.79. The van der Waals surface area contributed by atoms with Gasteiger partial charge >= 0.3 is 0 Å². The molecule has 33 heavy (non-hydrogen) atoms. The zero-order valence-corrected chi connectivity index (χ0v) is 19.3. The number of hydrogen-bond donors (Lipinski definition) is 0. The zero-order chi connectivity index (χ0) is 21.7. The molecule has 1 nitrogen and oxygen atoms in total. The number of fused-ring (bicyclic) bond motifs is 12. The summed E-state index contributed by atoms with van der Waals surface area (Å²) in [7, 11) is 0. The summed E-state index contributed by atoms with van der Waals surface area (Å²) >= 11 is 3.79. The number of hydrogen-bond acceptors (Lipinski definition) is 0. The largest absolute Gasteiger partial charge is 0.309 e. The highest BCUT2D eigenvalue weighted by atomic mass is 79.9. The number of para-hydroxylation sites is 3. The summed E-state index contributed by atoms with van der Waals surface area (Å²) in [4.78, 5) is 0. The van der Waals surface area contributed by atoms with Gasteiger partial charge in [-0.05, 0) is 57.6 Å². The molecule has 0 fully saturated rings. The quantitative estimate of drug-likeness (QED) is 0.204. The minimum Gasteiger partial charge on any atom is -0.309 e. The van der Waals surface area contributed by atoms with Crippen molar-refractivity contribution in [3.05, 3.63) is 136 Å². The summed E-state index contributed by atoms with van der Waals surface area (Å²) < 4.78 is 3.60. The summed E-state index contributed by atoms with van der Waals surface area (Å²) in [6, 6.07) is 40.4. The van der Waals surface area contributed by atoms with Crippen molar-refractivity contribution in [1.82, 2.24) is 4.57 Å². The van der Waals surface area contributed by atoms with E-state index in [2.05, 4.69) is 130 Å². The first-order valence-electron chi connectivity index (χ1n) is 11.3. The van der Waals surface area contributed by atoms with Crippen molar-refractivity contribution in [2.45, 2.75) is 5.41 Å². The second kappa shape index (κ2) is 6.03. The Morgan fingerprint density at radius 1 is 0.545 bits per heavy atom. The van der Waals surface area contributed by atoms with Crippen molar-refractivity contribution < 1.29 is 0 Å². The lowest BCUT2D eigenvalue weighted by Crippen LogP contribution is -2.33. The Bertz CT molecular complexity index is 1790. The first kappa shape index (κ1) is 17.9. The van der Waals surface area contributed by atoms with Crippen LogP contribution in [0.4, 0.5) is 0 Å². The Hall–Kier alpha value is -3.62. The molecule has 1 unspecified atom stereocenters. The SMILES string of the molecule is Brc1ccc2c(c1)C1(c3ccccc3-2)c2ccccc2-n2c3ccccc3c3cccc1c32. The van der Waals surface area contributed by atoms with Crippen LogP contribution in [0.15, 0.2) is 114 Å². The van der Waals surface area contributed by atoms with E-state index in [0.717, 1.165) is 4.47 Å². The molecule has 154 valence electrons. The monoisotopic (exact) mass is 483 g/mol. The van der Waals surface area contributed by atoms with Crippen molar-refractivity contribution >= 4 is 37.7 Å². The van der Waals surface area contributed by atoms with Gasteiger partial charge in [0.15, 0.2) is 0 Å². The van der Waals surface area contributed by atoms with Crippen LogP contribution in [0, 0.1) is 0 Å². The van der Waals surface area contributed by atoms with Gasteiger partial charge < -0.3 is 4.57 Å². The fourth-order valence-corrected chi connectivity index (χ4v) is 6.90. The molecule has 1 atom stereocenters. The van der Waals surface area contributed by atoms with Gasteiger partial charge in [0.05, 0.1) is 22.1 Å². The Morgan fingerprint density at radius 2 is 1.24 bits per heavy atom. The topological polar surface area (TPSA) is 4.93 Å². The highest BCUT2D eigenvalue weighted by molar-refractivity contribution is 9.10. The smallest absolute Gasteiger partial charge is 0.0754 e. The maximum absolute atomic E-state index is 3.79. The molecule has 1 spiro atoms. The molecule has 0 radical (unpaired) electrons. The van der Waals surface area contributed by atoms with Crippen LogP contribution >= 0.6 is 15.9 Å². The van der Waals surface area contributed by atoms with Crippen LogP contribution < -0.4 is 0 Å². The molecular weight excluding hydrogens is 466 g/mol. The van der Waals surface area contributed by atoms with E-state index >= 15 is 0 Å². The summed E-state index contributed by atoms with van der Waals surface area (Å²) in [5.41, 5.74) is 11.6. The van der Waals surface area contributed by atoms with Crippen molar-refractivity contribution in [3.63, 3.8) is 0 Å². The average Bonchev–Trinajstić information content (AvgIpc) is 3.35. The van der Waals surface area contributed by atoms with Gasteiger partial charge in [-0.3, -0.25) is 0 Å². The van der Waals surface area contributed by atoms with E-state index in [1.54, 1.807) is 0 Å². The van der Waals surface area contributed by atoms with Gasteiger partial charge in [0.2, 0.25) is 0 Å². The molecule has 0 bridgehead atoms. The fourth-order valence-electron chi connectivity index (χ4n) is 6.53. The number of aromatic nitrogens is 1. The number of nitrogens with zero attached hydrogens (tertiary/aromatic N) is 1. The molecule has 0 N–H and O–H groups in total. The van der Waals surface area contributed by atoms with E-state index in [1.807, 2.05) is 0 Å². The molecule has 8 rings (SSSR count). The first-order chi connectivity index (χ1) is 16.3. The predicted molar refractivity (Wildman–Crippen MR) is 139 cm³/mol. The molecule has 0 saturated heterocycles. The zero-order valence-electron chi connectivity index (χ0n) is 17.7. The van der Waals surface area contributed by atoms with Crippen molar-refractivity contribution in [2.75, 3.05) is 0 Å². The molecule has 1 aliphatic carbocycles. The van der Waals surface area contributed by atoms with E-state index in [9.17, 15) is 0 Å². The Balaban J connectivity index is 1.70. The maximum Gasteiger partial charge on any atom is 0.0754 e. The lowest BCUT2D eigenvalue weighted by atomic mass is 9.65. The minimum atomic E-state index is -0.351. The molecule has 1 aromatic heterocycles. The second-order valence-corrected chi connectivity index (χ2v) is 9.97. The average molecular weight is 484 g/mol. The van der Waals surface area contributed by atoms with E-state index < -0.39 is 0 Å². The molecule has 0 amide bonds. The Morgan fingerprint density at radius 3 is 2.18 bits per heavy atom. The van der Waals surface area contributed by atoms with Gasteiger partial charge in [-0.2, -0.15) is 0 Å². The minimum absolute atomic E-state index is 0.351. The van der Waals surface area contributed by atoms with Crippen LogP contribution in [-0.4, -0.2) is 4.57 Å². The number of halogens is 1. The van der Waals surface area contributed by atoms with Gasteiger partial charge in [0, 0.05) is 15.2 Å². The normalized spacial score (nSPS) is 17.4. The predicted octanol–water partition coefficient (Wildman–Crippen LogP) is 8.22. The third-order valence-corrected chi connectivity index (χ3v) is 8.15. The Kier molecular flexibility index (Phi) is 3.27. The lowest BCUT2D eigenvalue weighted by Gasteiger charge is -2.39. The first-order valence-corrected chi connectivity index (χ1v) is 12.1. The standard InChI is InChI=1S/C31H18BrN/c32-19-16-17-21-20-8-1-3-11-24(20)31(27(21)18-19)25-12-4-6-15-29(25)33-28-14-5-2-9-22(28)23-10-7-13-26(31)30(23)33/h1-18H. The van der Waals surface area contributed by atoms with Crippen molar-refractivity contribution in [2.24, 2.45) is 0 Å². The lowest BCUT2D eigenvalue weighted by molar-refractivity contribution is 0.748. The van der Waals surface area contributed by atoms with Gasteiger partial charge in [-0.15, -0.1) is 0 Å². The third-order valence-electron chi connectivity index (χ3n) is 7.65. The van der Waals surface area contributed by atoms with Crippen LogP contribution in [0.2, 0.25) is 0 Å². The van der Waals surface area contributed by atoms with Crippen molar-refractivity contribution in [3.8, 4) is 16.8 Å². The van der Waals surface area contributed by atoms with E-state index in [-0.39, 0.29) is 5.41 Å². The van der Waals surface area contributed by atoms with Gasteiger partial charge in [0.1, 0.15) is 0 Å². The molecule has 5 aromatic carbocycles. The van der Waals surface area contributed by atoms with E-state index in [0.29, 0.717) is 0 Å². The van der Waals surface area contributed by atoms with Crippen LogP contribution in [-0.2, 0) is 5.41 Å². The molecule has 2 aliphatic rings. The third kappa shape index (κ3) is 1.96. The number of benzene rings is 5. The highest BCUT2D eigenvalue weighted by Crippen LogP contribution is 2.61. The number of rotatable bonds is 0. The molecule has 6 aromatic rings. The summed E-state index contributed by atoms with van der Waals surface area (Å²) in [5, 5.41) is 2.62. The van der Waals surface area contributed by atoms with Crippen LogP contribution in [0.25, 0.3) is 38.6 Å². The second-order valence-electron chi connectivity index (χ2n) is 9.06. The Labute approximate surface area is 200 Å². The summed E-state index contributed by atoms with van der Waals surface area (Å²) in [6.45, 7) is 0. The van der Waals surface area contributed by atoms with Crippen LogP contribution in [0.3, 0.4) is 0 Å². The van der Waals surface area contributed by atoms with Gasteiger partial charge in [-0.25, -0.2) is 0 Å². The molecule has 2 heteroatoms. The fraction of sp³-hybridized carbons (Fsp3) is 0.0323. The van der Waals surface area contributed by atoms with Crippen LogP contribution in [0.1, 0.15) is 22.3 Å². The molecule has 0 saturated carbocycles. The molecule has 2 heterocycles. The van der Waals surface area contributed by atoms with E-state index in [1.165, 1.54) is 60.9 Å².